The Bertz CT molecular complexity index is 447. The zero-order valence-corrected chi connectivity index (χ0v) is 13.1. The largest absolute Gasteiger partial charge is 0.466 e. The van der Waals surface area contributed by atoms with Gasteiger partial charge in [0.15, 0.2) is 0 Å². The number of halogens is 3. The maximum absolute atomic E-state index is 11.6. The molecule has 0 fully saturated rings. The summed E-state index contributed by atoms with van der Waals surface area (Å²) in [6.07, 6.45) is -1.09. The van der Waals surface area contributed by atoms with Gasteiger partial charge in [-0.25, -0.2) is 4.79 Å². The summed E-state index contributed by atoms with van der Waals surface area (Å²) in [5.41, 5.74) is 1.000. The molecule has 0 aliphatic heterocycles. The molecule has 0 unspecified atom stereocenters. The lowest BCUT2D eigenvalue weighted by Crippen LogP contribution is -2.50. The van der Waals surface area contributed by atoms with Crippen molar-refractivity contribution in [2.75, 3.05) is 14.1 Å². The standard InChI is InChI=1S/C12H15Cl3N2O2/c1-8-5-4-6-9(7-8)19-10(12(13,14)15)16-11(18)17(2)3/h4-7,10H,1-3H3,(H,16,18)/t10-/m0/s1. The van der Waals surface area contributed by atoms with E-state index in [4.69, 9.17) is 39.5 Å². The fourth-order valence-electron chi connectivity index (χ4n) is 1.24. The summed E-state index contributed by atoms with van der Waals surface area (Å²) in [6.45, 7) is 1.91. The molecule has 0 heterocycles. The van der Waals surface area contributed by atoms with Crippen LogP contribution in [-0.4, -0.2) is 35.0 Å². The van der Waals surface area contributed by atoms with Crippen molar-refractivity contribution in [1.82, 2.24) is 10.2 Å². The molecule has 1 aromatic rings. The zero-order chi connectivity index (χ0) is 14.6. The highest BCUT2D eigenvalue weighted by Crippen LogP contribution is 2.32. The van der Waals surface area contributed by atoms with Crippen molar-refractivity contribution in [3.05, 3.63) is 29.8 Å². The van der Waals surface area contributed by atoms with E-state index < -0.39 is 16.1 Å². The van der Waals surface area contributed by atoms with Gasteiger partial charge in [-0.15, -0.1) is 0 Å². The van der Waals surface area contributed by atoms with E-state index in [0.29, 0.717) is 5.75 Å². The molecule has 1 aromatic carbocycles. The minimum absolute atomic E-state index is 0.413. The maximum atomic E-state index is 11.6. The number of hydrogen-bond donors (Lipinski definition) is 1. The Labute approximate surface area is 127 Å². The van der Waals surface area contributed by atoms with Gasteiger partial charge in [0.1, 0.15) is 5.75 Å². The lowest BCUT2D eigenvalue weighted by molar-refractivity contribution is 0.153. The monoisotopic (exact) mass is 324 g/mol. The Kier molecular flexibility index (Phi) is 5.59. The maximum Gasteiger partial charge on any atom is 0.319 e. The number of rotatable bonds is 3. The second kappa shape index (κ2) is 6.55. The topological polar surface area (TPSA) is 41.6 Å². The summed E-state index contributed by atoms with van der Waals surface area (Å²) < 4.78 is 3.74. The molecule has 0 aliphatic carbocycles. The number of carbonyl (C=O) groups excluding carboxylic acids is 1. The second-order valence-corrected chi connectivity index (χ2v) is 6.57. The van der Waals surface area contributed by atoms with Crippen molar-refractivity contribution in [3.63, 3.8) is 0 Å². The summed E-state index contributed by atoms with van der Waals surface area (Å²) >= 11 is 17.4. The molecule has 7 heteroatoms. The van der Waals surface area contributed by atoms with Crippen LogP contribution < -0.4 is 10.1 Å². The summed E-state index contributed by atoms with van der Waals surface area (Å²) in [7, 11) is 3.16. The Morgan fingerprint density at radius 2 is 2.00 bits per heavy atom. The molecule has 1 rings (SSSR count). The summed E-state index contributed by atoms with van der Waals surface area (Å²) in [5.74, 6) is 0.510. The van der Waals surface area contributed by atoms with Crippen LogP contribution in [0.1, 0.15) is 5.56 Å². The molecule has 4 nitrogen and oxygen atoms in total. The van der Waals surface area contributed by atoms with Crippen molar-refractivity contribution in [3.8, 4) is 5.75 Å². The third kappa shape index (κ3) is 5.35. The van der Waals surface area contributed by atoms with E-state index in [1.807, 2.05) is 19.1 Å². The molecule has 0 spiro atoms. The predicted molar refractivity (Wildman–Crippen MR) is 78.1 cm³/mol. The van der Waals surface area contributed by atoms with E-state index in [-0.39, 0.29) is 0 Å². The van der Waals surface area contributed by atoms with E-state index >= 15 is 0 Å². The van der Waals surface area contributed by atoms with Gasteiger partial charge < -0.3 is 9.64 Å². The Hall–Kier alpha value is -0.840. The fourth-order valence-corrected chi connectivity index (χ4v) is 1.54. The van der Waals surface area contributed by atoms with Crippen LogP contribution in [0.3, 0.4) is 0 Å². The van der Waals surface area contributed by atoms with Gasteiger partial charge in [-0.3, -0.25) is 5.32 Å². The van der Waals surface area contributed by atoms with Crippen molar-refractivity contribution in [2.45, 2.75) is 16.9 Å². The molecule has 0 saturated carbocycles. The normalized spacial score (nSPS) is 12.7. The average Bonchev–Trinajstić information content (AvgIpc) is 2.26. The van der Waals surface area contributed by atoms with Gasteiger partial charge in [0, 0.05) is 14.1 Å². The Morgan fingerprint density at radius 1 is 1.37 bits per heavy atom. The fraction of sp³-hybridized carbons (Fsp3) is 0.417. The van der Waals surface area contributed by atoms with Crippen molar-refractivity contribution in [2.24, 2.45) is 0 Å². The van der Waals surface area contributed by atoms with Crippen LogP contribution in [0, 0.1) is 6.92 Å². The van der Waals surface area contributed by atoms with Gasteiger partial charge in [-0.05, 0) is 24.6 Å². The molecule has 1 atom stereocenters. The van der Waals surface area contributed by atoms with Gasteiger partial charge in [-0.2, -0.15) is 0 Å². The summed E-state index contributed by atoms with van der Waals surface area (Å²) in [6, 6.07) is 6.82. The number of nitrogens with one attached hydrogen (secondary N) is 1. The van der Waals surface area contributed by atoms with E-state index in [2.05, 4.69) is 5.32 Å². The van der Waals surface area contributed by atoms with Crippen molar-refractivity contribution in [1.29, 1.82) is 0 Å². The minimum Gasteiger partial charge on any atom is -0.466 e. The lowest BCUT2D eigenvalue weighted by atomic mass is 10.2. The van der Waals surface area contributed by atoms with Crippen LogP contribution in [0.25, 0.3) is 0 Å². The highest BCUT2D eigenvalue weighted by Gasteiger charge is 2.36. The lowest BCUT2D eigenvalue weighted by Gasteiger charge is -2.27. The quantitative estimate of drug-likeness (QED) is 0.684. The first-order valence-corrected chi connectivity index (χ1v) is 6.61. The third-order valence-electron chi connectivity index (χ3n) is 2.20. The number of amides is 2. The third-order valence-corrected chi connectivity index (χ3v) is 2.80. The highest BCUT2D eigenvalue weighted by atomic mass is 35.6. The number of urea groups is 1. The Morgan fingerprint density at radius 3 is 2.47 bits per heavy atom. The number of ether oxygens (including phenoxy) is 1. The minimum atomic E-state index is -1.78. The van der Waals surface area contributed by atoms with E-state index in [0.717, 1.165) is 5.56 Å². The molecular weight excluding hydrogens is 311 g/mol. The van der Waals surface area contributed by atoms with Gasteiger partial charge in [-0.1, -0.05) is 46.9 Å². The molecule has 19 heavy (non-hydrogen) atoms. The van der Waals surface area contributed by atoms with Gasteiger partial charge in [0.05, 0.1) is 0 Å². The molecule has 0 aliphatic rings. The van der Waals surface area contributed by atoms with E-state index in [1.54, 1.807) is 26.2 Å². The second-order valence-electron chi connectivity index (χ2n) is 4.20. The SMILES string of the molecule is Cc1cccc(O[C@H](NC(=O)N(C)C)C(Cl)(Cl)Cl)c1. The number of hydrogen-bond acceptors (Lipinski definition) is 2. The van der Waals surface area contributed by atoms with Crippen LogP contribution in [0.15, 0.2) is 24.3 Å². The Balaban J connectivity index is 2.84. The van der Waals surface area contributed by atoms with Crippen LogP contribution in [0.2, 0.25) is 0 Å². The number of nitrogens with zero attached hydrogens (tertiary/aromatic N) is 1. The van der Waals surface area contributed by atoms with E-state index in [1.165, 1.54) is 4.90 Å². The first-order chi connectivity index (χ1) is 8.70. The first-order valence-electron chi connectivity index (χ1n) is 5.48. The van der Waals surface area contributed by atoms with Gasteiger partial charge in [0.2, 0.25) is 10.0 Å². The van der Waals surface area contributed by atoms with Crippen LogP contribution in [-0.2, 0) is 0 Å². The molecule has 106 valence electrons. The molecular formula is C12H15Cl3N2O2. The van der Waals surface area contributed by atoms with Gasteiger partial charge >= 0.3 is 6.03 Å². The first kappa shape index (κ1) is 16.2. The number of alkyl halides is 3. The molecule has 0 aromatic heterocycles. The molecule has 1 N–H and O–H groups in total. The van der Waals surface area contributed by atoms with E-state index in [9.17, 15) is 4.79 Å². The zero-order valence-electron chi connectivity index (χ0n) is 10.8. The van der Waals surface area contributed by atoms with Gasteiger partial charge in [0.25, 0.3) is 0 Å². The predicted octanol–water partition coefficient (Wildman–Crippen LogP) is 3.34. The van der Waals surface area contributed by atoms with Crippen LogP contribution in [0.5, 0.6) is 5.75 Å². The van der Waals surface area contributed by atoms with Crippen molar-refractivity contribution < 1.29 is 9.53 Å². The molecule has 0 bridgehead atoms. The number of aryl methyl sites for hydroxylation is 1. The average molecular weight is 326 g/mol. The van der Waals surface area contributed by atoms with Crippen LogP contribution >= 0.6 is 34.8 Å². The smallest absolute Gasteiger partial charge is 0.319 e. The number of benzene rings is 1. The highest BCUT2D eigenvalue weighted by molar-refractivity contribution is 6.68. The summed E-state index contributed by atoms with van der Waals surface area (Å²) in [5, 5.41) is 2.49. The number of carbonyl (C=O) groups is 1. The molecule has 0 saturated heterocycles. The van der Waals surface area contributed by atoms with Crippen LogP contribution in [0.4, 0.5) is 4.79 Å². The van der Waals surface area contributed by atoms with Crippen molar-refractivity contribution >= 4 is 40.8 Å². The molecule has 2 amide bonds. The summed E-state index contributed by atoms with van der Waals surface area (Å²) in [4.78, 5) is 12.9. The molecule has 0 radical (unpaired) electrons.